The van der Waals surface area contributed by atoms with Gasteiger partial charge in [0.15, 0.2) is 5.88 Å². The quantitative estimate of drug-likeness (QED) is 0.800. The highest BCUT2D eigenvalue weighted by atomic mass is 16.4. The molecular formula is C11H15NO3. The van der Waals surface area contributed by atoms with Gasteiger partial charge < -0.3 is 14.8 Å². The molecule has 0 aliphatic heterocycles. The number of aromatic carboxylic acids is 1. The zero-order valence-electron chi connectivity index (χ0n) is 8.91. The van der Waals surface area contributed by atoms with Crippen LogP contribution in [0.4, 0.5) is 5.88 Å². The van der Waals surface area contributed by atoms with Gasteiger partial charge in [0.1, 0.15) is 0 Å². The van der Waals surface area contributed by atoms with E-state index in [1.807, 2.05) is 0 Å². The molecule has 82 valence electrons. The monoisotopic (exact) mass is 209 g/mol. The van der Waals surface area contributed by atoms with Crippen LogP contribution >= 0.6 is 0 Å². The summed E-state index contributed by atoms with van der Waals surface area (Å²) in [7, 11) is 0. The minimum absolute atomic E-state index is 0.0202. The molecule has 1 aliphatic carbocycles. The van der Waals surface area contributed by atoms with E-state index in [9.17, 15) is 4.79 Å². The SMILES string of the molecule is CC(C)(Nc1ccc(C(=O)O)o1)C1CC1. The average Bonchev–Trinajstić information content (AvgIpc) is 2.88. The van der Waals surface area contributed by atoms with Gasteiger partial charge >= 0.3 is 5.97 Å². The van der Waals surface area contributed by atoms with Gasteiger partial charge in [0, 0.05) is 11.6 Å². The van der Waals surface area contributed by atoms with E-state index in [-0.39, 0.29) is 11.3 Å². The van der Waals surface area contributed by atoms with Crippen LogP contribution in [0.2, 0.25) is 0 Å². The van der Waals surface area contributed by atoms with E-state index in [1.54, 1.807) is 6.07 Å². The lowest BCUT2D eigenvalue weighted by molar-refractivity contribution is 0.0663. The van der Waals surface area contributed by atoms with Gasteiger partial charge in [0.25, 0.3) is 0 Å². The van der Waals surface area contributed by atoms with Gasteiger partial charge in [-0.3, -0.25) is 0 Å². The molecule has 15 heavy (non-hydrogen) atoms. The Morgan fingerprint density at radius 3 is 2.67 bits per heavy atom. The Morgan fingerprint density at radius 2 is 2.20 bits per heavy atom. The highest BCUT2D eigenvalue weighted by Gasteiger charge is 2.38. The Balaban J connectivity index is 2.06. The van der Waals surface area contributed by atoms with Crippen LogP contribution in [-0.2, 0) is 0 Å². The summed E-state index contributed by atoms with van der Waals surface area (Å²) >= 11 is 0. The maximum absolute atomic E-state index is 10.6. The van der Waals surface area contributed by atoms with Gasteiger partial charge in [-0.05, 0) is 38.7 Å². The molecule has 0 spiro atoms. The molecule has 1 aliphatic rings. The second-order valence-electron chi connectivity index (χ2n) is 4.59. The van der Waals surface area contributed by atoms with Gasteiger partial charge in [-0.15, -0.1) is 0 Å². The first-order valence-corrected chi connectivity index (χ1v) is 5.10. The van der Waals surface area contributed by atoms with Crippen molar-refractivity contribution in [3.05, 3.63) is 17.9 Å². The smallest absolute Gasteiger partial charge is 0.371 e. The number of carboxylic acid groups (broad SMARTS) is 1. The Bertz CT molecular complexity index is 377. The first-order valence-electron chi connectivity index (χ1n) is 5.10. The molecule has 0 saturated heterocycles. The standard InChI is InChI=1S/C11H15NO3/c1-11(2,7-3-4-7)12-9-6-5-8(15-9)10(13)14/h5-7,12H,3-4H2,1-2H3,(H,13,14). The van der Waals surface area contributed by atoms with Crippen molar-refractivity contribution >= 4 is 11.9 Å². The molecule has 4 heteroatoms. The van der Waals surface area contributed by atoms with E-state index in [4.69, 9.17) is 9.52 Å². The summed E-state index contributed by atoms with van der Waals surface area (Å²) in [5, 5.41) is 11.9. The molecule has 0 aromatic carbocycles. The Kier molecular flexibility index (Phi) is 2.21. The number of furan rings is 1. The van der Waals surface area contributed by atoms with Crippen LogP contribution in [0, 0.1) is 5.92 Å². The summed E-state index contributed by atoms with van der Waals surface area (Å²) in [6.45, 7) is 4.21. The summed E-state index contributed by atoms with van der Waals surface area (Å²) in [4.78, 5) is 10.6. The largest absolute Gasteiger partial charge is 0.475 e. The van der Waals surface area contributed by atoms with Crippen LogP contribution < -0.4 is 5.32 Å². The van der Waals surface area contributed by atoms with Crippen LogP contribution in [0.1, 0.15) is 37.2 Å². The first-order chi connectivity index (χ1) is 6.99. The molecule has 1 fully saturated rings. The second kappa shape index (κ2) is 3.29. The van der Waals surface area contributed by atoms with Crippen molar-refractivity contribution in [2.75, 3.05) is 5.32 Å². The highest BCUT2D eigenvalue weighted by Crippen LogP contribution is 2.41. The van der Waals surface area contributed by atoms with Crippen molar-refractivity contribution in [3.63, 3.8) is 0 Å². The lowest BCUT2D eigenvalue weighted by atomic mass is 9.99. The number of anilines is 1. The zero-order valence-corrected chi connectivity index (χ0v) is 8.91. The number of carboxylic acids is 1. The van der Waals surface area contributed by atoms with Crippen LogP contribution in [0.3, 0.4) is 0 Å². The summed E-state index contributed by atoms with van der Waals surface area (Å²) < 4.78 is 5.15. The third-order valence-electron chi connectivity index (χ3n) is 2.86. The molecule has 0 radical (unpaired) electrons. The minimum atomic E-state index is -1.03. The van der Waals surface area contributed by atoms with Gasteiger partial charge in [0.2, 0.25) is 5.76 Å². The van der Waals surface area contributed by atoms with Crippen molar-refractivity contribution in [1.29, 1.82) is 0 Å². The molecule has 1 aromatic rings. The van der Waals surface area contributed by atoms with Crippen molar-refractivity contribution < 1.29 is 14.3 Å². The predicted molar refractivity (Wildman–Crippen MR) is 56.1 cm³/mol. The normalized spacial score (nSPS) is 16.4. The van der Waals surface area contributed by atoms with Crippen LogP contribution in [0.5, 0.6) is 0 Å². The molecule has 2 rings (SSSR count). The summed E-state index contributed by atoms with van der Waals surface area (Å²) in [6.07, 6.45) is 2.46. The molecule has 0 amide bonds. The number of hydrogen-bond acceptors (Lipinski definition) is 3. The number of nitrogens with one attached hydrogen (secondary N) is 1. The average molecular weight is 209 g/mol. The van der Waals surface area contributed by atoms with Gasteiger partial charge in [-0.2, -0.15) is 0 Å². The summed E-state index contributed by atoms with van der Waals surface area (Å²) in [6, 6.07) is 3.13. The maximum Gasteiger partial charge on any atom is 0.371 e. The van der Waals surface area contributed by atoms with E-state index in [1.165, 1.54) is 18.9 Å². The molecule has 0 atom stereocenters. The van der Waals surface area contributed by atoms with Crippen LogP contribution in [-0.4, -0.2) is 16.6 Å². The Morgan fingerprint density at radius 1 is 1.53 bits per heavy atom. The van der Waals surface area contributed by atoms with Crippen molar-refractivity contribution in [1.82, 2.24) is 0 Å². The predicted octanol–water partition coefficient (Wildman–Crippen LogP) is 2.58. The number of rotatable bonds is 4. The number of hydrogen-bond donors (Lipinski definition) is 2. The molecule has 2 N–H and O–H groups in total. The van der Waals surface area contributed by atoms with Crippen LogP contribution in [0.15, 0.2) is 16.5 Å². The Labute approximate surface area is 88.3 Å². The van der Waals surface area contributed by atoms with Crippen molar-refractivity contribution in [2.24, 2.45) is 5.92 Å². The number of carbonyl (C=O) groups is 1. The lowest BCUT2D eigenvalue weighted by Gasteiger charge is -2.25. The van der Waals surface area contributed by atoms with E-state index >= 15 is 0 Å². The van der Waals surface area contributed by atoms with Crippen molar-refractivity contribution in [2.45, 2.75) is 32.2 Å². The van der Waals surface area contributed by atoms with Gasteiger partial charge in [-0.1, -0.05) is 0 Å². The molecule has 4 nitrogen and oxygen atoms in total. The summed E-state index contributed by atoms with van der Waals surface area (Å²) in [5.74, 6) is 0.136. The maximum atomic E-state index is 10.6. The fourth-order valence-corrected chi connectivity index (χ4v) is 1.74. The summed E-state index contributed by atoms with van der Waals surface area (Å²) in [5.41, 5.74) is -0.0202. The first kappa shape index (κ1) is 10.1. The van der Waals surface area contributed by atoms with E-state index in [2.05, 4.69) is 19.2 Å². The molecule has 1 aromatic heterocycles. The van der Waals surface area contributed by atoms with E-state index in [0.717, 1.165) is 0 Å². The molecule has 0 bridgehead atoms. The van der Waals surface area contributed by atoms with Gasteiger partial charge in [-0.25, -0.2) is 4.79 Å². The van der Waals surface area contributed by atoms with Crippen molar-refractivity contribution in [3.8, 4) is 0 Å². The zero-order chi connectivity index (χ0) is 11.1. The third kappa shape index (κ3) is 2.14. The molecule has 0 unspecified atom stereocenters. The second-order valence-corrected chi connectivity index (χ2v) is 4.59. The molecule has 1 heterocycles. The lowest BCUT2D eigenvalue weighted by Crippen LogP contribution is -2.32. The minimum Gasteiger partial charge on any atom is -0.475 e. The fraction of sp³-hybridized carbons (Fsp3) is 0.545. The molecule has 1 saturated carbocycles. The Hall–Kier alpha value is -1.45. The van der Waals surface area contributed by atoms with E-state index < -0.39 is 5.97 Å². The fourth-order valence-electron chi connectivity index (χ4n) is 1.74. The van der Waals surface area contributed by atoms with E-state index in [0.29, 0.717) is 11.8 Å². The molecular weight excluding hydrogens is 194 g/mol. The van der Waals surface area contributed by atoms with Crippen LogP contribution in [0.25, 0.3) is 0 Å². The van der Waals surface area contributed by atoms with Gasteiger partial charge in [0.05, 0.1) is 0 Å². The third-order valence-corrected chi connectivity index (χ3v) is 2.86. The highest BCUT2D eigenvalue weighted by molar-refractivity contribution is 5.84. The topological polar surface area (TPSA) is 62.5 Å².